The van der Waals surface area contributed by atoms with Gasteiger partial charge < -0.3 is 20.1 Å². The van der Waals surface area contributed by atoms with E-state index in [-0.39, 0.29) is 5.56 Å². The van der Waals surface area contributed by atoms with Crippen molar-refractivity contribution in [2.45, 2.75) is 0 Å². The highest BCUT2D eigenvalue weighted by Crippen LogP contribution is 2.33. The average Bonchev–Trinajstić information content (AvgIpc) is 2.69. The Bertz CT molecular complexity index is 976. The number of pyridine rings is 1. The van der Waals surface area contributed by atoms with Crippen molar-refractivity contribution in [3.05, 3.63) is 72.2 Å². The Morgan fingerprint density at radius 1 is 0.963 bits per heavy atom. The first-order chi connectivity index (χ1) is 13.2. The molecule has 0 unspecified atom stereocenters. The summed E-state index contributed by atoms with van der Waals surface area (Å²) in [6.07, 6.45) is 1.53. The lowest BCUT2D eigenvalue weighted by Crippen LogP contribution is -2.15. The lowest BCUT2D eigenvalue weighted by molar-refractivity contribution is 0.102. The van der Waals surface area contributed by atoms with Crippen LogP contribution in [0.25, 0.3) is 0 Å². The van der Waals surface area contributed by atoms with Gasteiger partial charge in [0.15, 0.2) is 11.5 Å². The first kappa shape index (κ1) is 16.8. The number of nitrogens with one attached hydrogen (secondary N) is 2. The minimum absolute atomic E-state index is 0.244. The van der Waals surface area contributed by atoms with Crippen molar-refractivity contribution in [2.75, 3.05) is 23.8 Å². The van der Waals surface area contributed by atoms with E-state index in [4.69, 9.17) is 9.47 Å². The number of anilines is 3. The molecule has 0 aliphatic carbocycles. The number of ether oxygens (including phenoxy) is 2. The van der Waals surface area contributed by atoms with Crippen LogP contribution < -0.4 is 20.1 Å². The summed E-state index contributed by atoms with van der Waals surface area (Å²) >= 11 is 0. The monoisotopic (exact) mass is 365 g/mol. The highest BCUT2D eigenvalue weighted by Gasteiger charge is 2.12. The summed E-state index contributed by atoms with van der Waals surface area (Å²) in [4.78, 5) is 16.4. The molecule has 0 radical (unpaired) electrons. The number of hydrogen-bond donors (Lipinski definition) is 2. The van der Waals surface area contributed by atoms with Gasteiger partial charge >= 0.3 is 0 Å². The van der Waals surface area contributed by atoms with Gasteiger partial charge in [0.05, 0.1) is 11.9 Å². The molecule has 0 spiro atoms. The molecule has 4 rings (SSSR count). The highest BCUT2D eigenvalue weighted by molar-refractivity contribution is 6.04. The van der Waals surface area contributed by atoms with Crippen LogP contribution >= 0.6 is 0 Å². The van der Waals surface area contributed by atoms with Crippen LogP contribution in [-0.4, -0.2) is 24.1 Å². The quantitative estimate of drug-likeness (QED) is 0.731. The number of nitrogens with zero attached hydrogens (tertiary/aromatic N) is 1. The summed E-state index contributed by atoms with van der Waals surface area (Å²) < 4.78 is 24.3. The Hall–Kier alpha value is -3.61. The highest BCUT2D eigenvalue weighted by atomic mass is 19.1. The van der Waals surface area contributed by atoms with Crippen LogP contribution in [0.5, 0.6) is 11.5 Å². The van der Waals surface area contributed by atoms with E-state index in [0.29, 0.717) is 30.5 Å². The van der Waals surface area contributed by atoms with Crippen LogP contribution in [0.3, 0.4) is 0 Å². The third-order valence-electron chi connectivity index (χ3n) is 3.92. The predicted molar refractivity (Wildman–Crippen MR) is 99.3 cm³/mol. The topological polar surface area (TPSA) is 72.5 Å². The first-order valence-electron chi connectivity index (χ1n) is 8.37. The van der Waals surface area contributed by atoms with Crippen LogP contribution in [0.1, 0.15) is 10.4 Å². The number of carbonyl (C=O) groups is 1. The molecule has 0 saturated heterocycles. The van der Waals surface area contributed by atoms with Gasteiger partial charge in [-0.2, -0.15) is 0 Å². The average molecular weight is 365 g/mol. The van der Waals surface area contributed by atoms with Crippen molar-refractivity contribution in [3.8, 4) is 11.5 Å². The number of halogens is 1. The fraction of sp³-hybridized carbons (Fsp3) is 0.100. The predicted octanol–water partition coefficient (Wildman–Crippen LogP) is 3.99. The van der Waals surface area contributed by atoms with E-state index in [1.54, 1.807) is 18.2 Å². The number of hydrogen-bond acceptors (Lipinski definition) is 5. The SMILES string of the molecule is O=C(Nc1ccc(Nc2ccc3c(c2)OCCO3)nc1)c1cccc(F)c1. The molecule has 2 heterocycles. The number of carbonyl (C=O) groups excluding carboxylic acids is 1. The van der Waals surface area contributed by atoms with E-state index in [0.717, 1.165) is 11.4 Å². The van der Waals surface area contributed by atoms with Gasteiger partial charge in [-0.1, -0.05) is 6.07 Å². The zero-order chi connectivity index (χ0) is 18.6. The van der Waals surface area contributed by atoms with E-state index in [1.165, 1.54) is 24.4 Å². The summed E-state index contributed by atoms with van der Waals surface area (Å²) in [7, 11) is 0. The molecule has 0 fully saturated rings. The van der Waals surface area contributed by atoms with Crippen molar-refractivity contribution in [1.82, 2.24) is 4.98 Å². The summed E-state index contributed by atoms with van der Waals surface area (Å²) in [6, 6.07) is 14.5. The lowest BCUT2D eigenvalue weighted by atomic mass is 10.2. The van der Waals surface area contributed by atoms with Gasteiger partial charge in [-0.15, -0.1) is 0 Å². The van der Waals surface area contributed by atoms with E-state index in [2.05, 4.69) is 15.6 Å². The van der Waals surface area contributed by atoms with Crippen LogP contribution in [0, 0.1) is 5.82 Å². The van der Waals surface area contributed by atoms with Crippen LogP contribution in [0.4, 0.5) is 21.6 Å². The second kappa shape index (κ2) is 7.33. The van der Waals surface area contributed by atoms with E-state index in [1.807, 2.05) is 18.2 Å². The molecular formula is C20H16FN3O3. The number of fused-ring (bicyclic) bond motifs is 1. The molecule has 0 saturated carbocycles. The molecule has 136 valence electrons. The molecule has 27 heavy (non-hydrogen) atoms. The van der Waals surface area contributed by atoms with Crippen molar-refractivity contribution in [3.63, 3.8) is 0 Å². The van der Waals surface area contributed by atoms with E-state index < -0.39 is 11.7 Å². The molecule has 1 aliphatic rings. The third kappa shape index (κ3) is 3.98. The van der Waals surface area contributed by atoms with Gasteiger partial charge in [-0.25, -0.2) is 9.37 Å². The Morgan fingerprint density at radius 2 is 1.78 bits per heavy atom. The van der Waals surface area contributed by atoms with E-state index in [9.17, 15) is 9.18 Å². The fourth-order valence-electron chi connectivity index (χ4n) is 2.64. The molecule has 2 N–H and O–H groups in total. The summed E-state index contributed by atoms with van der Waals surface area (Å²) in [6.45, 7) is 1.07. The van der Waals surface area contributed by atoms with Gasteiger partial charge in [-0.05, 0) is 42.5 Å². The number of benzene rings is 2. The fourth-order valence-corrected chi connectivity index (χ4v) is 2.64. The Morgan fingerprint density at radius 3 is 2.56 bits per heavy atom. The Labute approximate surface area is 155 Å². The van der Waals surface area contributed by atoms with Crippen molar-refractivity contribution in [1.29, 1.82) is 0 Å². The maximum atomic E-state index is 13.2. The van der Waals surface area contributed by atoms with Crippen molar-refractivity contribution >= 4 is 23.1 Å². The molecule has 7 heteroatoms. The normalized spacial score (nSPS) is 12.3. The largest absolute Gasteiger partial charge is 0.486 e. The summed E-state index contributed by atoms with van der Waals surface area (Å²) in [5.41, 5.74) is 1.56. The molecule has 6 nitrogen and oxygen atoms in total. The Kier molecular flexibility index (Phi) is 4.57. The number of amides is 1. The van der Waals surface area contributed by atoms with Gasteiger partial charge in [0.1, 0.15) is 24.8 Å². The third-order valence-corrected chi connectivity index (χ3v) is 3.92. The van der Waals surface area contributed by atoms with Gasteiger partial charge in [0.2, 0.25) is 0 Å². The van der Waals surface area contributed by atoms with E-state index >= 15 is 0 Å². The maximum absolute atomic E-state index is 13.2. The standard InChI is InChI=1S/C20H16FN3O3/c21-14-3-1-2-13(10-14)20(25)24-16-5-7-19(22-12-16)23-15-4-6-17-18(11-15)27-9-8-26-17/h1-7,10-12H,8-9H2,(H,22,23)(H,24,25). The molecule has 3 aromatic rings. The minimum Gasteiger partial charge on any atom is -0.486 e. The van der Waals surface area contributed by atoms with Crippen LogP contribution in [-0.2, 0) is 0 Å². The lowest BCUT2D eigenvalue weighted by Gasteiger charge is -2.19. The zero-order valence-electron chi connectivity index (χ0n) is 14.2. The Balaban J connectivity index is 1.42. The molecule has 1 amide bonds. The molecule has 1 aromatic heterocycles. The minimum atomic E-state index is -0.459. The van der Waals surface area contributed by atoms with Crippen molar-refractivity contribution < 1.29 is 18.7 Å². The zero-order valence-corrected chi connectivity index (χ0v) is 14.2. The maximum Gasteiger partial charge on any atom is 0.255 e. The summed E-state index contributed by atoms with van der Waals surface area (Å²) in [5, 5.41) is 5.85. The van der Waals surface area contributed by atoms with Gasteiger partial charge in [0.25, 0.3) is 5.91 Å². The summed E-state index contributed by atoms with van der Waals surface area (Å²) in [5.74, 6) is 1.15. The van der Waals surface area contributed by atoms with Crippen molar-refractivity contribution in [2.24, 2.45) is 0 Å². The molecule has 0 bridgehead atoms. The first-order valence-corrected chi connectivity index (χ1v) is 8.37. The molecule has 1 aliphatic heterocycles. The van der Waals surface area contributed by atoms with Gasteiger partial charge in [-0.3, -0.25) is 4.79 Å². The van der Waals surface area contributed by atoms with Crippen LogP contribution in [0.2, 0.25) is 0 Å². The second-order valence-corrected chi connectivity index (χ2v) is 5.88. The smallest absolute Gasteiger partial charge is 0.255 e. The molecule has 0 atom stereocenters. The number of rotatable bonds is 4. The second-order valence-electron chi connectivity index (χ2n) is 5.88. The van der Waals surface area contributed by atoms with Crippen LogP contribution in [0.15, 0.2) is 60.8 Å². The molecule has 2 aromatic carbocycles. The van der Waals surface area contributed by atoms with Gasteiger partial charge in [0, 0.05) is 17.3 Å². The number of aromatic nitrogens is 1. The molecular weight excluding hydrogens is 349 g/mol.